The van der Waals surface area contributed by atoms with Gasteiger partial charge in [0.05, 0.1) is 0 Å². The Labute approximate surface area is 161 Å². The van der Waals surface area contributed by atoms with E-state index in [-0.39, 0.29) is 12.1 Å². The molecule has 0 spiro atoms. The molecule has 0 aromatic heterocycles. The minimum absolute atomic E-state index is 0.0944. The van der Waals surface area contributed by atoms with E-state index in [0.29, 0.717) is 14.8 Å². The lowest BCUT2D eigenvalue weighted by Crippen LogP contribution is -2.55. The van der Waals surface area contributed by atoms with E-state index in [0.717, 1.165) is 30.1 Å². The first kappa shape index (κ1) is 17.6. The normalized spacial score (nSPS) is 53.7. The smallest absolute Gasteiger partial charge is 0.302 e. The minimum Gasteiger partial charge on any atom is -0.461 e. The minimum atomic E-state index is -0.0944. The highest BCUT2D eigenvalue weighted by molar-refractivity contribution is 14.1. The lowest BCUT2D eigenvalue weighted by atomic mass is 9.45. The molecule has 136 valence electrons. The van der Waals surface area contributed by atoms with Gasteiger partial charge in [-0.1, -0.05) is 42.9 Å². The van der Waals surface area contributed by atoms with Crippen LogP contribution in [0.15, 0.2) is 0 Å². The van der Waals surface area contributed by atoms with Gasteiger partial charge in [-0.05, 0) is 85.9 Å². The van der Waals surface area contributed by atoms with E-state index in [1.165, 1.54) is 51.4 Å². The summed E-state index contributed by atoms with van der Waals surface area (Å²) in [7, 11) is 0. The van der Waals surface area contributed by atoms with Gasteiger partial charge in [0, 0.05) is 10.8 Å². The molecule has 0 N–H and O–H groups in total. The van der Waals surface area contributed by atoms with Gasteiger partial charge in [-0.15, -0.1) is 0 Å². The fourth-order valence-corrected chi connectivity index (χ4v) is 8.56. The summed E-state index contributed by atoms with van der Waals surface area (Å²) in [6, 6.07) is 0. The highest BCUT2D eigenvalue weighted by Crippen LogP contribution is 2.66. The molecular weight excluding hydrogens is 411 g/mol. The molecule has 2 nitrogen and oxygen atoms in total. The standard InChI is InChI=1S/C21H33IO2/c1-13(23)24-19-12-21(3)14(11-18(19)22)6-7-15-16-5-4-9-20(16,2)10-8-17(15)21/h14-19H,4-12H2,1-3H3/t14-,15+,16+,17+,18-,19+,20-,21-/m0/s1. The second-order valence-corrected chi connectivity index (χ2v) is 11.4. The van der Waals surface area contributed by atoms with Gasteiger partial charge in [-0.3, -0.25) is 4.79 Å². The van der Waals surface area contributed by atoms with E-state index in [1.807, 2.05) is 0 Å². The van der Waals surface area contributed by atoms with Crippen molar-refractivity contribution in [3.63, 3.8) is 0 Å². The van der Waals surface area contributed by atoms with Crippen LogP contribution in [0.5, 0.6) is 0 Å². The summed E-state index contributed by atoms with van der Waals surface area (Å²) >= 11 is 2.55. The van der Waals surface area contributed by atoms with Gasteiger partial charge < -0.3 is 4.74 Å². The summed E-state index contributed by atoms with van der Waals surface area (Å²) in [6.07, 6.45) is 12.6. The van der Waals surface area contributed by atoms with Crippen LogP contribution in [0.3, 0.4) is 0 Å². The average Bonchev–Trinajstić information content (AvgIpc) is 2.90. The van der Waals surface area contributed by atoms with Gasteiger partial charge in [0.25, 0.3) is 0 Å². The molecule has 24 heavy (non-hydrogen) atoms. The first-order valence-electron chi connectivity index (χ1n) is 10.1. The van der Waals surface area contributed by atoms with Crippen molar-refractivity contribution in [2.24, 2.45) is 34.5 Å². The molecular formula is C21H33IO2. The van der Waals surface area contributed by atoms with Crippen LogP contribution < -0.4 is 0 Å². The second-order valence-electron chi connectivity index (χ2n) is 9.85. The van der Waals surface area contributed by atoms with Gasteiger partial charge in [0.2, 0.25) is 0 Å². The number of ether oxygens (including phenoxy) is 1. The molecule has 0 aromatic carbocycles. The number of fused-ring (bicyclic) bond motifs is 5. The third-order valence-electron chi connectivity index (χ3n) is 8.72. The number of esters is 1. The van der Waals surface area contributed by atoms with E-state index in [9.17, 15) is 4.79 Å². The molecule has 0 heterocycles. The van der Waals surface area contributed by atoms with E-state index in [1.54, 1.807) is 6.92 Å². The largest absolute Gasteiger partial charge is 0.461 e. The van der Waals surface area contributed by atoms with E-state index in [4.69, 9.17) is 4.74 Å². The maximum Gasteiger partial charge on any atom is 0.302 e. The third-order valence-corrected chi connectivity index (χ3v) is 10.0. The molecule has 0 bridgehead atoms. The lowest BCUT2D eigenvalue weighted by molar-refractivity contribution is -0.159. The van der Waals surface area contributed by atoms with Gasteiger partial charge in [-0.25, -0.2) is 0 Å². The van der Waals surface area contributed by atoms with Gasteiger partial charge in [-0.2, -0.15) is 0 Å². The van der Waals surface area contributed by atoms with E-state index in [2.05, 4.69) is 36.4 Å². The number of alkyl halides is 1. The molecule has 4 rings (SSSR count). The summed E-state index contributed by atoms with van der Waals surface area (Å²) in [5.74, 6) is 3.53. The van der Waals surface area contributed by atoms with Crippen molar-refractivity contribution in [1.82, 2.24) is 0 Å². The number of carbonyl (C=O) groups excluding carboxylic acids is 1. The molecule has 4 saturated carbocycles. The highest BCUT2D eigenvalue weighted by Gasteiger charge is 2.59. The van der Waals surface area contributed by atoms with Crippen LogP contribution in [0.25, 0.3) is 0 Å². The summed E-state index contributed by atoms with van der Waals surface area (Å²) < 4.78 is 6.26. The Kier molecular flexibility index (Phi) is 4.49. The monoisotopic (exact) mass is 444 g/mol. The van der Waals surface area contributed by atoms with E-state index < -0.39 is 0 Å². The maximum atomic E-state index is 11.6. The SMILES string of the molecule is CC(=O)O[C@@H]1C[C@@]2(C)[C@@H](CC[C@@H]3[C@H]4CCC[C@@]4(C)CC[C@H]32)C[C@@H]1I. The van der Waals surface area contributed by atoms with Crippen molar-refractivity contribution in [3.8, 4) is 0 Å². The molecule has 3 heteroatoms. The molecule has 4 aliphatic carbocycles. The zero-order valence-corrected chi connectivity index (χ0v) is 17.7. The topological polar surface area (TPSA) is 26.3 Å². The Hall–Kier alpha value is 0.200. The predicted octanol–water partition coefficient (Wildman–Crippen LogP) is 5.76. The third kappa shape index (κ3) is 2.66. The Morgan fingerprint density at radius 1 is 1.08 bits per heavy atom. The fourth-order valence-electron chi connectivity index (χ4n) is 7.55. The van der Waals surface area contributed by atoms with Crippen molar-refractivity contribution in [2.45, 2.75) is 88.6 Å². The van der Waals surface area contributed by atoms with Crippen LogP contribution in [-0.2, 0) is 9.53 Å². The number of hydrogen-bond donors (Lipinski definition) is 0. The number of rotatable bonds is 1. The Morgan fingerprint density at radius 2 is 1.88 bits per heavy atom. The van der Waals surface area contributed by atoms with Crippen LogP contribution in [0.1, 0.15) is 78.6 Å². The van der Waals surface area contributed by atoms with Crippen molar-refractivity contribution in [3.05, 3.63) is 0 Å². The van der Waals surface area contributed by atoms with Gasteiger partial charge in [0.1, 0.15) is 6.10 Å². The van der Waals surface area contributed by atoms with Crippen molar-refractivity contribution in [1.29, 1.82) is 0 Å². The van der Waals surface area contributed by atoms with Crippen LogP contribution >= 0.6 is 22.6 Å². The second kappa shape index (κ2) is 6.13. The van der Waals surface area contributed by atoms with Crippen LogP contribution in [0.4, 0.5) is 0 Å². The average molecular weight is 444 g/mol. The molecule has 8 atom stereocenters. The van der Waals surface area contributed by atoms with Crippen LogP contribution in [0.2, 0.25) is 0 Å². The Balaban J connectivity index is 1.59. The molecule has 0 aromatic rings. The summed E-state index contributed by atoms with van der Waals surface area (Å²) in [6.45, 7) is 6.72. The fraction of sp³-hybridized carbons (Fsp3) is 0.952. The molecule has 0 aliphatic heterocycles. The lowest BCUT2D eigenvalue weighted by Gasteiger charge is -2.61. The first-order chi connectivity index (χ1) is 11.3. The highest BCUT2D eigenvalue weighted by atomic mass is 127. The van der Waals surface area contributed by atoms with Crippen LogP contribution in [0, 0.1) is 34.5 Å². The maximum absolute atomic E-state index is 11.6. The molecule has 0 amide bonds. The van der Waals surface area contributed by atoms with Crippen molar-refractivity contribution >= 4 is 28.6 Å². The first-order valence-corrected chi connectivity index (χ1v) is 11.4. The summed E-state index contributed by atoms with van der Waals surface area (Å²) in [4.78, 5) is 11.6. The number of hydrogen-bond acceptors (Lipinski definition) is 2. The zero-order chi connectivity index (χ0) is 17.1. The number of halogens is 1. The molecule has 4 aliphatic rings. The Bertz CT molecular complexity index is 520. The van der Waals surface area contributed by atoms with Crippen LogP contribution in [-0.4, -0.2) is 16.0 Å². The molecule has 0 unspecified atom stereocenters. The van der Waals surface area contributed by atoms with Crippen molar-refractivity contribution in [2.75, 3.05) is 0 Å². The molecule has 4 fully saturated rings. The predicted molar refractivity (Wildman–Crippen MR) is 105 cm³/mol. The van der Waals surface area contributed by atoms with E-state index >= 15 is 0 Å². The summed E-state index contributed by atoms with van der Waals surface area (Å²) in [5.41, 5.74) is 1.04. The Morgan fingerprint density at radius 3 is 2.62 bits per heavy atom. The van der Waals surface area contributed by atoms with Gasteiger partial charge >= 0.3 is 5.97 Å². The quantitative estimate of drug-likeness (QED) is 0.292. The van der Waals surface area contributed by atoms with Crippen molar-refractivity contribution < 1.29 is 9.53 Å². The molecule has 0 radical (unpaired) electrons. The number of carbonyl (C=O) groups is 1. The summed E-state index contributed by atoms with van der Waals surface area (Å²) in [5, 5.41) is 0. The van der Waals surface area contributed by atoms with Gasteiger partial charge in [0.15, 0.2) is 0 Å². The zero-order valence-electron chi connectivity index (χ0n) is 15.5. The molecule has 0 saturated heterocycles.